The van der Waals surface area contributed by atoms with Gasteiger partial charge in [-0.1, -0.05) is 31.5 Å². The van der Waals surface area contributed by atoms with E-state index in [1.807, 2.05) is 0 Å². The van der Waals surface area contributed by atoms with Gasteiger partial charge in [-0.15, -0.1) is 0 Å². The van der Waals surface area contributed by atoms with Crippen molar-refractivity contribution in [2.45, 2.75) is 32.4 Å². The van der Waals surface area contributed by atoms with E-state index in [0.29, 0.717) is 18.4 Å². The van der Waals surface area contributed by atoms with Crippen molar-refractivity contribution in [2.24, 2.45) is 11.8 Å². The molecule has 136 valence electrons. The molecule has 1 saturated heterocycles. The van der Waals surface area contributed by atoms with Gasteiger partial charge in [-0.25, -0.2) is 17.5 Å². The summed E-state index contributed by atoms with van der Waals surface area (Å²) in [4.78, 5) is 2.39. The summed E-state index contributed by atoms with van der Waals surface area (Å²) in [6.45, 7) is 7.88. The van der Waals surface area contributed by atoms with Crippen LogP contribution in [-0.2, 0) is 15.8 Å². The number of hydrogen-bond acceptors (Lipinski definition) is 3. The molecule has 1 aromatic carbocycles. The Hall–Kier alpha value is -0.690. The maximum Gasteiger partial charge on any atom is 0.215 e. The van der Waals surface area contributed by atoms with Crippen molar-refractivity contribution in [1.29, 1.82) is 0 Å². The molecule has 1 aliphatic heterocycles. The predicted octanol–water partition coefficient (Wildman–Crippen LogP) is 3.27. The molecule has 2 rings (SSSR count). The van der Waals surface area contributed by atoms with Gasteiger partial charge in [0.1, 0.15) is 5.82 Å². The minimum atomic E-state index is -3.60. The smallest absolute Gasteiger partial charge is 0.215 e. The fourth-order valence-electron chi connectivity index (χ4n) is 3.42. The summed E-state index contributed by atoms with van der Waals surface area (Å²) in [6.07, 6.45) is 2.00. The van der Waals surface area contributed by atoms with Crippen molar-refractivity contribution in [3.8, 4) is 0 Å². The van der Waals surface area contributed by atoms with Gasteiger partial charge < -0.3 is 4.90 Å². The molecule has 24 heavy (non-hydrogen) atoms. The van der Waals surface area contributed by atoms with Crippen LogP contribution < -0.4 is 4.72 Å². The monoisotopic (exact) mass is 376 g/mol. The molecule has 0 radical (unpaired) electrons. The second kappa shape index (κ2) is 8.61. The van der Waals surface area contributed by atoms with Gasteiger partial charge in [0.05, 0.1) is 5.75 Å². The largest absolute Gasteiger partial charge is 0.303 e. The molecule has 0 aromatic heterocycles. The van der Waals surface area contributed by atoms with E-state index in [1.54, 1.807) is 0 Å². The van der Waals surface area contributed by atoms with E-state index in [0.717, 1.165) is 26.1 Å². The van der Waals surface area contributed by atoms with E-state index in [9.17, 15) is 12.8 Å². The Kier molecular flexibility index (Phi) is 7.04. The zero-order valence-corrected chi connectivity index (χ0v) is 15.8. The minimum Gasteiger partial charge on any atom is -0.303 e. The van der Waals surface area contributed by atoms with Gasteiger partial charge in [0, 0.05) is 30.2 Å². The Morgan fingerprint density at radius 1 is 1.29 bits per heavy atom. The van der Waals surface area contributed by atoms with Crippen molar-refractivity contribution in [3.63, 3.8) is 0 Å². The summed E-state index contributed by atoms with van der Waals surface area (Å²) in [5, 5.41) is 0.136. The Labute approximate surface area is 149 Å². The number of sulfonamides is 1. The van der Waals surface area contributed by atoms with Crippen molar-refractivity contribution < 1.29 is 12.8 Å². The molecule has 0 spiro atoms. The molecule has 2 atom stereocenters. The van der Waals surface area contributed by atoms with E-state index in [2.05, 4.69) is 23.5 Å². The first-order valence-electron chi connectivity index (χ1n) is 8.39. The van der Waals surface area contributed by atoms with Crippen LogP contribution in [0.25, 0.3) is 0 Å². The predicted molar refractivity (Wildman–Crippen MR) is 96.0 cm³/mol. The topological polar surface area (TPSA) is 49.4 Å². The Morgan fingerprint density at radius 3 is 2.58 bits per heavy atom. The number of nitrogens with zero attached hydrogens (tertiary/aromatic N) is 1. The molecule has 0 saturated carbocycles. The highest BCUT2D eigenvalue weighted by atomic mass is 35.5. The quantitative estimate of drug-likeness (QED) is 0.743. The number of benzene rings is 1. The second-order valence-electron chi connectivity index (χ2n) is 6.91. The number of hydrogen-bond donors (Lipinski definition) is 1. The van der Waals surface area contributed by atoms with E-state index in [-0.39, 0.29) is 10.6 Å². The van der Waals surface area contributed by atoms with E-state index >= 15 is 0 Å². The van der Waals surface area contributed by atoms with Crippen LogP contribution in [0, 0.1) is 17.7 Å². The molecule has 0 bridgehead atoms. The van der Waals surface area contributed by atoms with Crippen LogP contribution in [0.2, 0.25) is 5.02 Å². The number of likely N-dealkylation sites (tertiary alicyclic amines) is 1. The maximum atomic E-state index is 13.7. The maximum absolute atomic E-state index is 13.7. The van der Waals surface area contributed by atoms with Crippen LogP contribution in [-0.4, -0.2) is 39.5 Å². The normalized spacial score (nSPS) is 22.7. The molecule has 1 heterocycles. The fraction of sp³-hybridized carbons (Fsp3) is 0.647. The minimum absolute atomic E-state index is 0.0188. The van der Waals surface area contributed by atoms with Gasteiger partial charge in [-0.2, -0.15) is 0 Å². The van der Waals surface area contributed by atoms with Gasteiger partial charge in [0.15, 0.2) is 0 Å². The highest BCUT2D eigenvalue weighted by Gasteiger charge is 2.21. The molecule has 7 heteroatoms. The lowest BCUT2D eigenvalue weighted by Gasteiger charge is -2.34. The van der Waals surface area contributed by atoms with Gasteiger partial charge in [-0.05, 0) is 43.4 Å². The SMILES string of the molecule is C[C@@H]1C[C@H](C)CN(CCCNS(=O)(=O)Cc2c(F)cccc2Cl)C1. The van der Waals surface area contributed by atoms with Crippen molar-refractivity contribution in [3.05, 3.63) is 34.6 Å². The number of rotatable bonds is 7. The molecule has 0 unspecified atom stereocenters. The Balaban J connectivity index is 1.79. The Bertz CT molecular complexity index is 624. The third kappa shape index (κ3) is 5.99. The fourth-order valence-corrected chi connectivity index (χ4v) is 4.96. The average molecular weight is 377 g/mol. The number of nitrogens with one attached hydrogen (secondary N) is 1. The molecule has 1 fully saturated rings. The zero-order chi connectivity index (χ0) is 17.7. The summed E-state index contributed by atoms with van der Waals surface area (Å²) in [6, 6.07) is 4.17. The molecule has 1 aromatic rings. The Morgan fingerprint density at radius 2 is 1.96 bits per heavy atom. The van der Waals surface area contributed by atoms with Gasteiger partial charge in [-0.3, -0.25) is 0 Å². The first-order valence-corrected chi connectivity index (χ1v) is 10.4. The van der Waals surface area contributed by atoms with Crippen molar-refractivity contribution in [2.75, 3.05) is 26.2 Å². The highest BCUT2D eigenvalue weighted by Crippen LogP contribution is 2.22. The van der Waals surface area contributed by atoms with Crippen molar-refractivity contribution in [1.82, 2.24) is 9.62 Å². The highest BCUT2D eigenvalue weighted by molar-refractivity contribution is 7.88. The summed E-state index contributed by atoms with van der Waals surface area (Å²) in [5.74, 6) is 0.350. The lowest BCUT2D eigenvalue weighted by atomic mass is 9.92. The average Bonchev–Trinajstić information content (AvgIpc) is 2.47. The van der Waals surface area contributed by atoms with E-state index in [1.165, 1.54) is 24.6 Å². The molecular weight excluding hydrogens is 351 g/mol. The molecule has 4 nitrogen and oxygen atoms in total. The van der Waals surface area contributed by atoms with Crippen LogP contribution >= 0.6 is 11.6 Å². The third-order valence-corrected chi connectivity index (χ3v) is 5.98. The first kappa shape index (κ1) is 19.6. The van der Waals surface area contributed by atoms with Crippen LogP contribution in [0.3, 0.4) is 0 Å². The summed E-state index contributed by atoms with van der Waals surface area (Å²) in [5.41, 5.74) is 0.0188. The number of halogens is 2. The molecule has 1 aliphatic rings. The standard InChI is InChI=1S/C17H26ClFN2O2S/c1-13-9-14(2)11-21(10-13)8-4-7-20-24(22,23)12-15-16(18)5-3-6-17(15)19/h3,5-6,13-14,20H,4,7-12H2,1-2H3/t13-,14+. The van der Waals surface area contributed by atoms with E-state index in [4.69, 9.17) is 11.6 Å². The van der Waals surface area contributed by atoms with E-state index < -0.39 is 21.6 Å². The number of piperidine rings is 1. The second-order valence-corrected chi connectivity index (χ2v) is 9.13. The lowest BCUT2D eigenvalue weighted by molar-refractivity contribution is 0.140. The lowest BCUT2D eigenvalue weighted by Crippen LogP contribution is -2.40. The van der Waals surface area contributed by atoms with Crippen molar-refractivity contribution >= 4 is 21.6 Å². The van der Waals surface area contributed by atoms with Crippen LogP contribution in [0.15, 0.2) is 18.2 Å². The van der Waals surface area contributed by atoms with Gasteiger partial charge in [0.2, 0.25) is 10.0 Å². The molecule has 1 N–H and O–H groups in total. The van der Waals surface area contributed by atoms with Crippen LogP contribution in [0.4, 0.5) is 4.39 Å². The van der Waals surface area contributed by atoms with Gasteiger partial charge >= 0.3 is 0 Å². The molecular formula is C17H26ClFN2O2S. The zero-order valence-electron chi connectivity index (χ0n) is 14.3. The third-order valence-electron chi connectivity index (χ3n) is 4.31. The van der Waals surface area contributed by atoms with Crippen LogP contribution in [0.5, 0.6) is 0 Å². The molecule has 0 amide bonds. The van der Waals surface area contributed by atoms with Gasteiger partial charge in [0.25, 0.3) is 0 Å². The first-order chi connectivity index (χ1) is 11.3. The summed E-state index contributed by atoms with van der Waals surface area (Å²) >= 11 is 5.89. The van der Waals surface area contributed by atoms with Crippen LogP contribution in [0.1, 0.15) is 32.3 Å². The molecule has 0 aliphatic carbocycles. The summed E-state index contributed by atoms with van der Waals surface area (Å²) < 4.78 is 40.5. The summed E-state index contributed by atoms with van der Waals surface area (Å²) in [7, 11) is -3.60.